The Bertz CT molecular complexity index is 268. The molecule has 1 fully saturated rings. The first-order chi connectivity index (χ1) is 8.45. The summed E-state index contributed by atoms with van der Waals surface area (Å²) in [4.78, 5) is 11.8. The molecule has 1 rings (SSSR count). The maximum atomic E-state index is 11.8. The van der Waals surface area contributed by atoms with Crippen LogP contribution in [0.4, 0.5) is 0 Å². The largest absolute Gasteiger partial charge is 0.461 e. The quantitative estimate of drug-likeness (QED) is 0.735. The summed E-state index contributed by atoms with van der Waals surface area (Å²) in [5.74, 6) is 1.19. The van der Waals surface area contributed by atoms with E-state index in [1.54, 1.807) is 0 Å². The van der Waals surface area contributed by atoms with Gasteiger partial charge in [-0.15, -0.1) is 0 Å². The highest BCUT2D eigenvalue weighted by Crippen LogP contribution is 2.35. The molecule has 4 nitrogen and oxygen atoms in total. The molecule has 1 aliphatic carbocycles. The highest BCUT2D eigenvalue weighted by atomic mass is 16.5. The molecule has 0 saturated heterocycles. The third kappa shape index (κ3) is 4.25. The van der Waals surface area contributed by atoms with Gasteiger partial charge in [0, 0.05) is 6.61 Å². The Balaban J connectivity index is 2.57. The lowest BCUT2D eigenvalue weighted by Gasteiger charge is -2.37. The summed E-state index contributed by atoms with van der Waals surface area (Å²) >= 11 is 0. The van der Waals surface area contributed by atoms with Gasteiger partial charge in [0.25, 0.3) is 0 Å². The second kappa shape index (κ2) is 7.10. The van der Waals surface area contributed by atoms with Gasteiger partial charge in [-0.25, -0.2) is 0 Å². The fourth-order valence-electron chi connectivity index (χ4n) is 2.74. The van der Waals surface area contributed by atoms with Gasteiger partial charge in [0.05, 0.1) is 0 Å². The maximum Gasteiger partial charge on any atom is 0.323 e. The molecule has 0 aliphatic heterocycles. The van der Waals surface area contributed by atoms with Crippen LogP contribution in [-0.2, 0) is 9.53 Å². The van der Waals surface area contributed by atoms with Gasteiger partial charge in [-0.3, -0.25) is 4.79 Å². The Hall–Kier alpha value is -0.610. The normalized spacial score (nSPS) is 30.2. The topological polar surface area (TPSA) is 72.5 Å². The maximum absolute atomic E-state index is 11.8. The lowest BCUT2D eigenvalue weighted by atomic mass is 9.75. The lowest BCUT2D eigenvalue weighted by molar-refractivity contribution is -0.157. The summed E-state index contributed by atoms with van der Waals surface area (Å²) in [7, 11) is 0. The molecule has 0 bridgehead atoms. The van der Waals surface area contributed by atoms with Crippen LogP contribution in [0.5, 0.6) is 0 Å². The van der Waals surface area contributed by atoms with Crippen LogP contribution in [0.1, 0.15) is 46.5 Å². The zero-order valence-corrected chi connectivity index (χ0v) is 11.8. The van der Waals surface area contributed by atoms with Crippen molar-refractivity contribution >= 4 is 5.97 Å². The van der Waals surface area contributed by atoms with Crippen LogP contribution in [0.25, 0.3) is 0 Å². The molecule has 1 aliphatic rings. The number of hydrogen-bond donors (Lipinski definition) is 2. The summed E-state index contributed by atoms with van der Waals surface area (Å²) in [5.41, 5.74) is 5.67. The lowest BCUT2D eigenvalue weighted by Crippen LogP contribution is -2.41. The van der Waals surface area contributed by atoms with E-state index in [1.165, 1.54) is 6.42 Å². The summed E-state index contributed by atoms with van der Waals surface area (Å²) in [6, 6.07) is -0.694. The van der Waals surface area contributed by atoms with Crippen LogP contribution in [0.15, 0.2) is 0 Å². The van der Waals surface area contributed by atoms with E-state index in [0.717, 1.165) is 12.8 Å². The molecule has 0 amide bonds. The van der Waals surface area contributed by atoms with Crippen molar-refractivity contribution in [3.05, 3.63) is 0 Å². The zero-order valence-electron chi connectivity index (χ0n) is 11.8. The molecule has 4 heteroatoms. The van der Waals surface area contributed by atoms with E-state index < -0.39 is 6.04 Å². The summed E-state index contributed by atoms with van der Waals surface area (Å²) in [6.45, 7) is 6.47. The van der Waals surface area contributed by atoms with Gasteiger partial charge in [-0.05, 0) is 37.0 Å². The Labute approximate surface area is 110 Å². The minimum atomic E-state index is -0.694. The van der Waals surface area contributed by atoms with Gasteiger partial charge in [-0.2, -0.15) is 0 Å². The van der Waals surface area contributed by atoms with Gasteiger partial charge in [0.15, 0.2) is 0 Å². The molecule has 1 saturated carbocycles. The SMILES string of the molecule is CC1CCC(C(C)C)C(OC(=O)[C@H](N)CCO)C1. The fourth-order valence-corrected chi connectivity index (χ4v) is 2.74. The molecule has 106 valence electrons. The molecule has 0 aromatic heterocycles. The van der Waals surface area contributed by atoms with Crippen molar-refractivity contribution in [2.24, 2.45) is 23.5 Å². The van der Waals surface area contributed by atoms with Crippen LogP contribution in [0, 0.1) is 17.8 Å². The second-order valence-electron chi connectivity index (χ2n) is 5.92. The molecule has 3 unspecified atom stereocenters. The molecule has 0 heterocycles. The van der Waals surface area contributed by atoms with E-state index in [4.69, 9.17) is 15.6 Å². The molecular weight excluding hydrogens is 230 g/mol. The third-order valence-corrected chi connectivity index (χ3v) is 3.97. The average Bonchev–Trinajstić information content (AvgIpc) is 2.28. The number of ether oxygens (including phenoxy) is 1. The number of hydrogen-bond acceptors (Lipinski definition) is 4. The van der Waals surface area contributed by atoms with Crippen molar-refractivity contribution in [1.29, 1.82) is 0 Å². The Morgan fingerprint density at radius 1 is 1.44 bits per heavy atom. The first-order valence-electron chi connectivity index (χ1n) is 7.02. The van der Waals surface area contributed by atoms with Gasteiger partial charge < -0.3 is 15.6 Å². The van der Waals surface area contributed by atoms with Gasteiger partial charge in [-0.1, -0.05) is 27.2 Å². The van der Waals surface area contributed by atoms with Gasteiger partial charge in [0.1, 0.15) is 12.1 Å². The molecule has 0 aromatic carbocycles. The van der Waals surface area contributed by atoms with Crippen molar-refractivity contribution in [2.75, 3.05) is 6.61 Å². The van der Waals surface area contributed by atoms with Gasteiger partial charge >= 0.3 is 5.97 Å². The van der Waals surface area contributed by atoms with E-state index in [0.29, 0.717) is 17.8 Å². The molecular formula is C14H27NO3. The fraction of sp³-hybridized carbons (Fsp3) is 0.929. The minimum Gasteiger partial charge on any atom is -0.461 e. The molecule has 4 atom stereocenters. The molecule has 0 radical (unpaired) electrons. The van der Waals surface area contributed by atoms with Crippen LogP contribution >= 0.6 is 0 Å². The van der Waals surface area contributed by atoms with E-state index in [2.05, 4.69) is 20.8 Å². The number of aliphatic hydroxyl groups excluding tert-OH is 1. The van der Waals surface area contributed by atoms with E-state index in [1.807, 2.05) is 0 Å². The monoisotopic (exact) mass is 257 g/mol. The predicted octanol–water partition coefficient (Wildman–Crippen LogP) is 1.70. The molecule has 0 aromatic rings. The Morgan fingerprint density at radius 3 is 2.67 bits per heavy atom. The third-order valence-electron chi connectivity index (χ3n) is 3.97. The van der Waals surface area contributed by atoms with E-state index in [-0.39, 0.29) is 25.1 Å². The Morgan fingerprint density at radius 2 is 2.11 bits per heavy atom. The van der Waals surface area contributed by atoms with Crippen molar-refractivity contribution in [3.63, 3.8) is 0 Å². The number of rotatable bonds is 5. The van der Waals surface area contributed by atoms with Crippen LogP contribution in [-0.4, -0.2) is 29.8 Å². The van der Waals surface area contributed by atoms with Crippen LogP contribution in [0.3, 0.4) is 0 Å². The predicted molar refractivity (Wildman–Crippen MR) is 70.9 cm³/mol. The Kier molecular flexibility index (Phi) is 6.09. The smallest absolute Gasteiger partial charge is 0.323 e. The zero-order chi connectivity index (χ0) is 13.7. The van der Waals surface area contributed by atoms with Crippen LogP contribution in [0.2, 0.25) is 0 Å². The second-order valence-corrected chi connectivity index (χ2v) is 5.92. The highest BCUT2D eigenvalue weighted by Gasteiger charge is 2.34. The minimum absolute atomic E-state index is 0.00834. The van der Waals surface area contributed by atoms with Crippen LogP contribution < -0.4 is 5.73 Å². The summed E-state index contributed by atoms with van der Waals surface area (Å²) < 4.78 is 5.57. The average molecular weight is 257 g/mol. The summed E-state index contributed by atoms with van der Waals surface area (Å²) in [6.07, 6.45) is 3.52. The number of carbonyl (C=O) groups is 1. The van der Waals surface area contributed by atoms with E-state index in [9.17, 15) is 4.79 Å². The van der Waals surface area contributed by atoms with E-state index >= 15 is 0 Å². The first-order valence-corrected chi connectivity index (χ1v) is 7.02. The number of carbonyl (C=O) groups excluding carboxylic acids is 1. The first kappa shape index (κ1) is 15.4. The van der Waals surface area contributed by atoms with Crippen molar-refractivity contribution in [1.82, 2.24) is 0 Å². The number of nitrogens with two attached hydrogens (primary N) is 1. The standard InChI is InChI=1S/C14H27NO3/c1-9(2)11-5-4-10(3)8-13(11)18-14(17)12(15)6-7-16/h9-13,16H,4-8,15H2,1-3H3/t10?,11?,12-,13?/m1/s1. The van der Waals surface area contributed by atoms with Crippen molar-refractivity contribution in [3.8, 4) is 0 Å². The van der Waals surface area contributed by atoms with Crippen molar-refractivity contribution < 1.29 is 14.6 Å². The molecule has 0 spiro atoms. The number of esters is 1. The number of aliphatic hydroxyl groups is 1. The van der Waals surface area contributed by atoms with Crippen molar-refractivity contribution in [2.45, 2.75) is 58.6 Å². The highest BCUT2D eigenvalue weighted by molar-refractivity contribution is 5.75. The van der Waals surface area contributed by atoms with Gasteiger partial charge in [0.2, 0.25) is 0 Å². The molecule has 18 heavy (non-hydrogen) atoms. The molecule has 3 N–H and O–H groups in total. The summed E-state index contributed by atoms with van der Waals surface area (Å²) in [5, 5.41) is 8.79.